The van der Waals surface area contributed by atoms with Crippen LogP contribution in [0.1, 0.15) is 32.4 Å². The third-order valence-electron chi connectivity index (χ3n) is 2.39. The maximum absolute atomic E-state index is 6.13. The maximum Gasteiger partial charge on any atom is 0.176 e. The van der Waals surface area contributed by atoms with Crippen LogP contribution in [0.2, 0.25) is 0 Å². The van der Waals surface area contributed by atoms with Gasteiger partial charge in [0.05, 0.1) is 18.8 Å². The van der Waals surface area contributed by atoms with Crippen LogP contribution in [0.25, 0.3) is 0 Å². The molecule has 0 aliphatic rings. The number of hydrogen-bond donors (Lipinski definition) is 1. The molecule has 1 rings (SSSR count). The van der Waals surface area contributed by atoms with Gasteiger partial charge < -0.3 is 19.9 Å². The fourth-order valence-electron chi connectivity index (χ4n) is 1.60. The minimum Gasteiger partial charge on any atom is -0.492 e. The van der Waals surface area contributed by atoms with E-state index in [0.29, 0.717) is 25.6 Å². The van der Waals surface area contributed by atoms with Gasteiger partial charge >= 0.3 is 0 Å². The van der Waals surface area contributed by atoms with E-state index in [4.69, 9.17) is 19.9 Å². The zero-order valence-electron chi connectivity index (χ0n) is 11.3. The second kappa shape index (κ2) is 8.02. The van der Waals surface area contributed by atoms with Gasteiger partial charge in [0.1, 0.15) is 5.75 Å². The first-order valence-electron chi connectivity index (χ1n) is 6.29. The summed E-state index contributed by atoms with van der Waals surface area (Å²) in [6.45, 7) is 7.45. The summed E-state index contributed by atoms with van der Waals surface area (Å²) >= 11 is 0. The van der Waals surface area contributed by atoms with Gasteiger partial charge in [-0.1, -0.05) is 0 Å². The fraction of sp³-hybridized carbons (Fsp3) is 0.615. The number of aromatic nitrogens is 1. The van der Waals surface area contributed by atoms with E-state index in [9.17, 15) is 0 Å². The van der Waals surface area contributed by atoms with Crippen LogP contribution in [0.15, 0.2) is 18.5 Å². The lowest BCUT2D eigenvalue weighted by molar-refractivity contribution is -0.149. The van der Waals surface area contributed by atoms with E-state index in [0.717, 1.165) is 5.56 Å². The van der Waals surface area contributed by atoms with Gasteiger partial charge in [-0.3, -0.25) is 4.98 Å². The van der Waals surface area contributed by atoms with Crippen LogP contribution in [0.5, 0.6) is 5.75 Å². The minimum atomic E-state index is -0.460. The molecule has 0 radical (unpaired) electrons. The van der Waals surface area contributed by atoms with E-state index in [-0.39, 0.29) is 6.04 Å². The fourth-order valence-corrected chi connectivity index (χ4v) is 1.60. The van der Waals surface area contributed by atoms with Gasteiger partial charge in [0.25, 0.3) is 0 Å². The van der Waals surface area contributed by atoms with Crippen molar-refractivity contribution in [2.45, 2.75) is 33.1 Å². The van der Waals surface area contributed by atoms with Crippen LogP contribution in [0.3, 0.4) is 0 Å². The predicted octanol–water partition coefficient (Wildman–Crippen LogP) is 1.88. The molecule has 1 unspecified atom stereocenters. The second-order valence-corrected chi connectivity index (χ2v) is 3.69. The van der Waals surface area contributed by atoms with Crippen LogP contribution in [-0.2, 0) is 9.47 Å². The van der Waals surface area contributed by atoms with Crippen molar-refractivity contribution in [3.8, 4) is 5.75 Å². The number of hydrogen-bond acceptors (Lipinski definition) is 5. The summed E-state index contributed by atoms with van der Waals surface area (Å²) in [7, 11) is 0. The normalized spacial score (nSPS) is 12.7. The number of pyridine rings is 1. The average molecular weight is 254 g/mol. The lowest BCUT2D eigenvalue weighted by Gasteiger charge is -2.23. The molecule has 102 valence electrons. The minimum absolute atomic E-state index is 0.377. The smallest absolute Gasteiger partial charge is 0.176 e. The zero-order valence-corrected chi connectivity index (χ0v) is 11.3. The molecule has 5 nitrogen and oxygen atoms in total. The highest BCUT2D eigenvalue weighted by Gasteiger charge is 2.20. The third kappa shape index (κ3) is 4.25. The molecule has 0 fully saturated rings. The van der Waals surface area contributed by atoms with Crippen LogP contribution in [0.4, 0.5) is 0 Å². The Kier molecular flexibility index (Phi) is 6.64. The lowest BCUT2D eigenvalue weighted by Crippen LogP contribution is -2.31. The summed E-state index contributed by atoms with van der Waals surface area (Å²) in [4.78, 5) is 4.11. The number of nitrogens with zero attached hydrogens (tertiary/aromatic N) is 1. The molecule has 0 aromatic carbocycles. The van der Waals surface area contributed by atoms with Crippen molar-refractivity contribution in [3.63, 3.8) is 0 Å². The van der Waals surface area contributed by atoms with Crippen molar-refractivity contribution in [1.82, 2.24) is 4.98 Å². The molecule has 0 spiro atoms. The van der Waals surface area contributed by atoms with Crippen molar-refractivity contribution in [3.05, 3.63) is 24.0 Å². The zero-order chi connectivity index (χ0) is 13.4. The van der Waals surface area contributed by atoms with Gasteiger partial charge in [-0.15, -0.1) is 0 Å². The number of nitrogens with two attached hydrogens (primary N) is 1. The molecule has 0 aliphatic carbocycles. The predicted molar refractivity (Wildman–Crippen MR) is 69.4 cm³/mol. The standard InChI is InChI=1S/C13H22N2O3/c1-4-16-11-7-10(8-15-9-11)12(14)13(17-5-2)18-6-3/h7-9,12-13H,4-6,14H2,1-3H3. The SMILES string of the molecule is CCOc1cncc(C(N)C(OCC)OCC)c1. The second-order valence-electron chi connectivity index (χ2n) is 3.69. The largest absolute Gasteiger partial charge is 0.492 e. The van der Waals surface area contributed by atoms with Gasteiger partial charge in [-0.25, -0.2) is 0 Å². The Morgan fingerprint density at radius 2 is 1.78 bits per heavy atom. The summed E-state index contributed by atoms with van der Waals surface area (Å²) in [6.07, 6.45) is 2.91. The third-order valence-corrected chi connectivity index (χ3v) is 2.39. The first-order valence-corrected chi connectivity index (χ1v) is 6.29. The Bertz CT molecular complexity index is 341. The van der Waals surface area contributed by atoms with Crippen LogP contribution < -0.4 is 10.5 Å². The quantitative estimate of drug-likeness (QED) is 0.717. The Labute approximate surface area is 108 Å². The Hall–Kier alpha value is -1.17. The first-order chi connectivity index (χ1) is 8.72. The summed E-state index contributed by atoms with van der Waals surface area (Å²) in [5, 5.41) is 0. The summed E-state index contributed by atoms with van der Waals surface area (Å²) < 4.78 is 16.4. The highest BCUT2D eigenvalue weighted by Crippen LogP contribution is 2.21. The summed E-state index contributed by atoms with van der Waals surface area (Å²) in [6, 6.07) is 1.49. The topological polar surface area (TPSA) is 66.6 Å². The molecule has 0 saturated heterocycles. The maximum atomic E-state index is 6.13. The number of ether oxygens (including phenoxy) is 3. The van der Waals surface area contributed by atoms with Crippen molar-refractivity contribution in [1.29, 1.82) is 0 Å². The monoisotopic (exact) mass is 254 g/mol. The Morgan fingerprint density at radius 1 is 1.11 bits per heavy atom. The molecule has 1 atom stereocenters. The summed E-state index contributed by atoms with van der Waals surface area (Å²) in [5.41, 5.74) is 6.97. The molecule has 0 aliphatic heterocycles. The van der Waals surface area contributed by atoms with Gasteiger partial charge in [-0.2, -0.15) is 0 Å². The molecule has 5 heteroatoms. The van der Waals surface area contributed by atoms with Gasteiger partial charge in [0.2, 0.25) is 0 Å². The van der Waals surface area contributed by atoms with Crippen molar-refractivity contribution >= 4 is 0 Å². The van der Waals surface area contributed by atoms with E-state index in [1.807, 2.05) is 26.8 Å². The van der Waals surface area contributed by atoms with Gasteiger partial charge in [-0.05, 0) is 32.4 Å². The summed E-state index contributed by atoms with van der Waals surface area (Å²) in [5.74, 6) is 0.706. The molecule has 0 saturated carbocycles. The molecule has 18 heavy (non-hydrogen) atoms. The number of rotatable bonds is 8. The first kappa shape index (κ1) is 14.9. The van der Waals surface area contributed by atoms with E-state index in [1.54, 1.807) is 12.4 Å². The molecule has 2 N–H and O–H groups in total. The molecule has 0 amide bonds. The Balaban J connectivity index is 2.79. The van der Waals surface area contributed by atoms with Crippen LogP contribution in [0, 0.1) is 0 Å². The van der Waals surface area contributed by atoms with Crippen LogP contribution in [-0.4, -0.2) is 31.1 Å². The van der Waals surface area contributed by atoms with Gasteiger partial charge in [0.15, 0.2) is 6.29 Å². The van der Waals surface area contributed by atoms with Crippen LogP contribution >= 0.6 is 0 Å². The van der Waals surface area contributed by atoms with Crippen molar-refractivity contribution in [2.75, 3.05) is 19.8 Å². The van der Waals surface area contributed by atoms with E-state index in [2.05, 4.69) is 4.98 Å². The van der Waals surface area contributed by atoms with E-state index < -0.39 is 6.29 Å². The molecular formula is C13H22N2O3. The molecular weight excluding hydrogens is 232 g/mol. The molecule has 1 aromatic rings. The average Bonchev–Trinajstić information content (AvgIpc) is 2.38. The van der Waals surface area contributed by atoms with Crippen molar-refractivity contribution in [2.24, 2.45) is 5.73 Å². The lowest BCUT2D eigenvalue weighted by atomic mass is 10.1. The Morgan fingerprint density at radius 3 is 2.33 bits per heavy atom. The molecule has 0 bridgehead atoms. The van der Waals surface area contributed by atoms with Crippen molar-refractivity contribution < 1.29 is 14.2 Å². The highest BCUT2D eigenvalue weighted by molar-refractivity contribution is 5.26. The molecule has 1 heterocycles. The van der Waals surface area contributed by atoms with Gasteiger partial charge in [0, 0.05) is 19.4 Å². The van der Waals surface area contributed by atoms with E-state index in [1.165, 1.54) is 0 Å². The van der Waals surface area contributed by atoms with E-state index >= 15 is 0 Å². The molecule has 1 aromatic heterocycles. The highest BCUT2D eigenvalue weighted by atomic mass is 16.7.